The van der Waals surface area contributed by atoms with Crippen LogP contribution in [0.3, 0.4) is 0 Å². The van der Waals surface area contributed by atoms with Crippen molar-refractivity contribution in [3.05, 3.63) is 155 Å². The monoisotopic (exact) mass is 1350 g/mol. The van der Waals surface area contributed by atoms with Crippen molar-refractivity contribution in [3.8, 4) is 0 Å². The van der Waals surface area contributed by atoms with E-state index >= 15 is 0 Å². The summed E-state index contributed by atoms with van der Waals surface area (Å²) < 4.78 is 9.92. The molecule has 4 amide bonds. The summed E-state index contributed by atoms with van der Waals surface area (Å²) in [5.74, 6) is -14.6. The molecule has 4 aromatic rings. The number of carboxylic acids is 4. The molecule has 11 N–H and O–H groups in total. The fraction of sp³-hybridized carbons (Fsp3) is 0.441. The maximum atomic E-state index is 14.2. The Balaban J connectivity index is 1.10. The number of carbonyl (C=O) groups excluding carboxylic acids is 8. The first-order chi connectivity index (χ1) is 46.5. The number of nitrogens with one attached hydrogen (secondary N) is 5. The van der Waals surface area contributed by atoms with Gasteiger partial charge in [0.15, 0.2) is 11.6 Å². The van der Waals surface area contributed by atoms with Gasteiger partial charge in [-0.15, -0.1) is 5.53 Å². The number of nitrogens with zero attached hydrogens (tertiary/aromatic N) is 5. The quantitative estimate of drug-likeness (QED) is 0.0285. The molecule has 0 aromatic heterocycles. The number of amides is 4. The van der Waals surface area contributed by atoms with E-state index in [1.807, 2.05) is 66.7 Å². The first-order valence-electron chi connectivity index (χ1n) is 31.8. The highest BCUT2D eigenvalue weighted by atomic mass is 16.5. The zero-order valence-electron chi connectivity index (χ0n) is 54.3. The Labute approximate surface area is 561 Å². The van der Waals surface area contributed by atoms with Gasteiger partial charge >= 0.3 is 23.9 Å². The molecule has 29 nitrogen and oxygen atoms in total. The summed E-state index contributed by atoms with van der Waals surface area (Å²) >= 11 is 0. The molecule has 0 spiro atoms. The zero-order chi connectivity index (χ0) is 70.4. The Hall–Kier alpha value is -9.94. The van der Waals surface area contributed by atoms with E-state index in [2.05, 4.69) is 75.4 Å². The number of nitrogens with two attached hydrogens (primary N) is 1. The third-order valence-electron chi connectivity index (χ3n) is 16.8. The normalized spacial score (nSPS) is 16.2. The lowest BCUT2D eigenvalue weighted by Crippen LogP contribution is -2.55. The third kappa shape index (κ3) is 25.6. The molecule has 2 heterocycles. The second-order valence-corrected chi connectivity index (χ2v) is 24.3. The minimum Gasteiger partial charge on any atom is -0.481 e. The Morgan fingerprint density at radius 3 is 1.43 bits per heavy atom. The first-order valence-corrected chi connectivity index (χ1v) is 31.8. The van der Waals surface area contributed by atoms with Crippen LogP contribution in [-0.4, -0.2) is 214 Å². The summed E-state index contributed by atoms with van der Waals surface area (Å²) in [4.78, 5) is 160. The van der Waals surface area contributed by atoms with Gasteiger partial charge in [-0.25, -0.2) is 0 Å². The minimum atomic E-state index is -1.85. The van der Waals surface area contributed by atoms with Crippen LogP contribution in [-0.2, 0) is 73.6 Å². The van der Waals surface area contributed by atoms with Crippen LogP contribution in [0.2, 0.25) is 0 Å². The molecule has 0 aliphatic carbocycles. The molecule has 522 valence electrons. The number of hydrazine groups is 2. The van der Waals surface area contributed by atoms with E-state index in [9.17, 15) is 78.0 Å². The van der Waals surface area contributed by atoms with Crippen LogP contribution < -0.4 is 32.6 Å². The van der Waals surface area contributed by atoms with Crippen molar-refractivity contribution >= 4 is 72.0 Å². The lowest BCUT2D eigenvalue weighted by Gasteiger charge is -2.33. The predicted molar refractivity (Wildman–Crippen MR) is 349 cm³/mol. The molecule has 0 saturated carbocycles. The van der Waals surface area contributed by atoms with Crippen molar-refractivity contribution in [1.82, 2.24) is 51.5 Å². The van der Waals surface area contributed by atoms with Crippen molar-refractivity contribution < 1.29 is 87.4 Å². The number of ether oxygens (including phenoxy) is 2. The number of rotatable bonds is 39. The fourth-order valence-corrected chi connectivity index (χ4v) is 11.7. The second-order valence-electron chi connectivity index (χ2n) is 24.3. The Morgan fingerprint density at radius 2 is 0.979 bits per heavy atom. The molecule has 29 heteroatoms. The lowest BCUT2D eigenvalue weighted by molar-refractivity contribution is -0.142. The Morgan fingerprint density at radius 1 is 0.526 bits per heavy atom. The van der Waals surface area contributed by atoms with Crippen molar-refractivity contribution in [1.29, 1.82) is 0 Å². The number of aliphatic carboxylic acids is 4. The van der Waals surface area contributed by atoms with Crippen molar-refractivity contribution in [2.24, 2.45) is 23.5 Å². The molecule has 4 unspecified atom stereocenters. The molecular weight excluding hydrogens is 1260 g/mol. The third-order valence-corrected chi connectivity index (χ3v) is 16.8. The van der Waals surface area contributed by atoms with Crippen LogP contribution in [0.1, 0.15) is 98.4 Å². The van der Waals surface area contributed by atoms with Crippen LogP contribution in [0.4, 0.5) is 0 Å². The number of carbonyl (C=O) groups is 12. The lowest BCUT2D eigenvalue weighted by atomic mass is 9.73. The number of hydrogen-bond donors (Lipinski definition) is 10. The second kappa shape index (κ2) is 39.2. The van der Waals surface area contributed by atoms with Gasteiger partial charge in [0.05, 0.1) is 50.5 Å². The van der Waals surface area contributed by atoms with Gasteiger partial charge in [-0.2, -0.15) is 0 Å². The van der Waals surface area contributed by atoms with Gasteiger partial charge in [-0.1, -0.05) is 129 Å². The van der Waals surface area contributed by atoms with Gasteiger partial charge in [-0.05, 0) is 40.2 Å². The Kier molecular flexibility index (Phi) is 30.7. The molecule has 6 atom stereocenters. The number of ketones is 2. The zero-order valence-corrected chi connectivity index (χ0v) is 54.3. The number of primary amides is 1. The van der Waals surface area contributed by atoms with E-state index in [0.29, 0.717) is 18.8 Å². The van der Waals surface area contributed by atoms with Gasteiger partial charge < -0.3 is 57.0 Å². The van der Waals surface area contributed by atoms with E-state index in [0.717, 1.165) is 16.7 Å². The molecule has 6 rings (SSSR count). The maximum absolute atomic E-state index is 14.2. The van der Waals surface area contributed by atoms with Gasteiger partial charge in [0, 0.05) is 108 Å². The van der Waals surface area contributed by atoms with Gasteiger partial charge in [0.1, 0.15) is 19.5 Å². The van der Waals surface area contributed by atoms with E-state index in [-0.39, 0.29) is 90.5 Å². The molecule has 0 bridgehead atoms. The van der Waals surface area contributed by atoms with Crippen molar-refractivity contribution in [2.45, 2.75) is 95.3 Å². The molecule has 0 radical (unpaired) electrons. The van der Waals surface area contributed by atoms with Crippen LogP contribution in [0.5, 0.6) is 0 Å². The summed E-state index contributed by atoms with van der Waals surface area (Å²) in [6, 6.07) is 34.1. The summed E-state index contributed by atoms with van der Waals surface area (Å²) in [7, 11) is 0. The molecule has 1 fully saturated rings. The van der Waals surface area contributed by atoms with Crippen LogP contribution >= 0.6 is 0 Å². The highest BCUT2D eigenvalue weighted by Gasteiger charge is 2.37. The topological polar surface area (TPSA) is 407 Å². The van der Waals surface area contributed by atoms with Crippen LogP contribution in [0.15, 0.2) is 127 Å². The SMILES string of the molecule is CC(C)[C@H](CC(=O)[C@H](CCC(=O)O)NC(=O)C(CC(=O)O)NC(=O)CN1CCN(COC=O)CCN(COC=O)CCN(CC(=O)O)CC1)C(=O)NC(CC(=O)O)C(=O)CC(CC1=CN(Cc2ccc(C(c3ccccc3)C(c3ccccc3)c3ccccc3)cc2)NN1)C(N)=O. The van der Waals surface area contributed by atoms with E-state index in [4.69, 9.17) is 15.2 Å². The standard InChI is InChI=1S/C68H87N11O18/c1-45(2)53(34-58(83)54(22-23-60(85)86)71-68(95)56(36-62(89)90)70-59(84)39-75-24-25-76(40-63(91)92)27-29-78(42-97-44-81)31-30-77(28-26-75)41-96-43-80)67(94)72-55(35-61(87)88)57(82)33-51(66(69)93)32-52-38-79(74-73-52)37-46-18-20-50(21-19-46)65(49-16-10-5-11-17-49)64(47-12-6-3-7-13-47)48-14-8-4-9-15-48/h3-21,38,43-45,51,53-56,64-65,73-74H,22-37,39-42H2,1-2H3,(H2,69,93)(H,70,84)(H,71,95)(H,72,94)(H,85,86)(H,87,88)(H,89,90)(H,91,92)/t51?,53-,54-,55?,56?,65?/m0/s1. The number of allylic oxidation sites excluding steroid dienone is 1. The average Bonchev–Trinajstić information content (AvgIpc) is 1.00. The van der Waals surface area contributed by atoms with E-state index < -0.39 is 147 Å². The number of benzene rings is 4. The predicted octanol–water partition coefficient (Wildman–Crippen LogP) is 1.83. The Bertz CT molecular complexity index is 3290. The smallest absolute Gasteiger partial charge is 0.317 e. The van der Waals surface area contributed by atoms with Crippen molar-refractivity contribution in [3.63, 3.8) is 0 Å². The number of carboxylic acid groups (broad SMARTS) is 4. The van der Waals surface area contributed by atoms with Crippen molar-refractivity contribution in [2.75, 3.05) is 78.9 Å². The van der Waals surface area contributed by atoms with Gasteiger partial charge in [0.2, 0.25) is 23.6 Å². The largest absolute Gasteiger partial charge is 0.481 e. The summed E-state index contributed by atoms with van der Waals surface area (Å²) in [6.07, 6.45) is -2.92. The van der Waals surface area contributed by atoms with Gasteiger partial charge in [0.25, 0.3) is 12.9 Å². The fourth-order valence-electron chi connectivity index (χ4n) is 11.7. The maximum Gasteiger partial charge on any atom is 0.317 e. The average molecular weight is 1350 g/mol. The van der Waals surface area contributed by atoms with Crippen LogP contribution in [0, 0.1) is 17.8 Å². The summed E-state index contributed by atoms with van der Waals surface area (Å²) in [5.41, 5.74) is 17.9. The first kappa shape index (κ1) is 76.1. The summed E-state index contributed by atoms with van der Waals surface area (Å²) in [5, 5.41) is 48.0. The highest BCUT2D eigenvalue weighted by Crippen LogP contribution is 2.43. The molecule has 4 aromatic carbocycles. The minimum absolute atomic E-state index is 0.00752. The van der Waals surface area contributed by atoms with E-state index in [1.54, 1.807) is 44.7 Å². The van der Waals surface area contributed by atoms with Crippen LogP contribution in [0.25, 0.3) is 0 Å². The number of hydrogen-bond acceptors (Lipinski definition) is 21. The molecule has 2 aliphatic heterocycles. The van der Waals surface area contributed by atoms with E-state index in [1.165, 1.54) is 11.1 Å². The highest BCUT2D eigenvalue weighted by molar-refractivity contribution is 5.98. The number of Topliss-reactive ketones (excluding diaryl/α,β-unsaturated/α-hetero) is 2. The summed E-state index contributed by atoms with van der Waals surface area (Å²) in [6.45, 7) is 4.28. The molecule has 1 saturated heterocycles. The molecule has 97 heavy (non-hydrogen) atoms. The molecule has 2 aliphatic rings. The molecular formula is C68H87N11O18. The van der Waals surface area contributed by atoms with Gasteiger partial charge in [-0.3, -0.25) is 82.1 Å².